The van der Waals surface area contributed by atoms with E-state index < -0.39 is 36.2 Å². The van der Waals surface area contributed by atoms with Crippen molar-refractivity contribution in [3.05, 3.63) is 0 Å². The van der Waals surface area contributed by atoms with E-state index in [0.29, 0.717) is 0 Å². The molecule has 0 N–H and O–H groups in total. The summed E-state index contributed by atoms with van der Waals surface area (Å²) in [6.45, 7) is 0. The van der Waals surface area contributed by atoms with Gasteiger partial charge in [-0.05, 0) is 0 Å². The highest BCUT2D eigenvalue weighted by Crippen LogP contribution is 2.64. The molecule has 1 fully saturated rings. The lowest BCUT2D eigenvalue weighted by Crippen LogP contribution is -2.54. The molecule has 0 aliphatic carbocycles. The molecule has 1 rings (SSSR count). The second kappa shape index (κ2) is 3.39. The van der Waals surface area contributed by atoms with Crippen LogP contribution in [-0.2, 0) is 4.74 Å². The zero-order chi connectivity index (χ0) is 14.8. The number of halogens is 11. The number of hydrogen-bond donors (Lipinski definition) is 0. The van der Waals surface area contributed by atoms with Crippen LogP contribution in [-0.4, -0.2) is 36.2 Å². The molecule has 108 valence electrons. The molecule has 12 heteroatoms. The summed E-state index contributed by atoms with van der Waals surface area (Å²) in [6.07, 6.45) is -23.8. The van der Waals surface area contributed by atoms with Gasteiger partial charge < -0.3 is 4.74 Å². The van der Waals surface area contributed by atoms with Crippen molar-refractivity contribution in [2.75, 3.05) is 0 Å². The maximum absolute atomic E-state index is 12.4. The third-order valence-corrected chi connectivity index (χ3v) is 2.17. The Morgan fingerprint density at radius 1 is 0.667 bits per heavy atom. The number of epoxide rings is 1. The van der Waals surface area contributed by atoms with Crippen LogP contribution in [0, 0.1) is 0 Å². The fourth-order valence-electron chi connectivity index (χ4n) is 1.22. The normalized spacial score (nSPS) is 25.2. The van der Waals surface area contributed by atoms with Crippen LogP contribution in [0.2, 0.25) is 0 Å². The van der Waals surface area contributed by atoms with Gasteiger partial charge in [-0.15, -0.1) is 0 Å². The molecule has 1 unspecified atom stereocenters. The minimum atomic E-state index is -6.59. The average Bonchev–Trinajstić information content (AvgIpc) is 2.72. The van der Waals surface area contributed by atoms with Crippen LogP contribution >= 0.6 is 0 Å². The van der Waals surface area contributed by atoms with E-state index in [1.165, 1.54) is 0 Å². The lowest BCUT2D eigenvalue weighted by molar-refractivity contribution is -0.308. The Balaban J connectivity index is 3.20. The maximum Gasteiger partial charge on any atom is 0.456 e. The summed E-state index contributed by atoms with van der Waals surface area (Å²) < 4.78 is 135. The van der Waals surface area contributed by atoms with Crippen molar-refractivity contribution >= 4 is 0 Å². The Morgan fingerprint density at radius 3 is 1.17 bits per heavy atom. The van der Waals surface area contributed by atoms with E-state index in [1.807, 2.05) is 0 Å². The van der Waals surface area contributed by atoms with Gasteiger partial charge in [0.1, 0.15) is 0 Å². The Hall–Kier alpha value is -0.810. The predicted octanol–water partition coefficient (Wildman–Crippen LogP) is 3.45. The van der Waals surface area contributed by atoms with Crippen LogP contribution in [0.4, 0.5) is 48.3 Å². The van der Waals surface area contributed by atoms with Gasteiger partial charge in [-0.2, -0.15) is 48.3 Å². The molecule has 1 atom stereocenters. The van der Waals surface area contributed by atoms with Gasteiger partial charge in [-0.3, -0.25) is 0 Å². The first-order valence-electron chi connectivity index (χ1n) is 3.85. The van der Waals surface area contributed by atoms with Crippen molar-refractivity contribution in [3.8, 4) is 0 Å². The molecule has 0 aromatic carbocycles. The van der Waals surface area contributed by atoms with E-state index in [1.54, 1.807) is 0 Å². The monoisotopic (exact) mass is 298 g/mol. The topological polar surface area (TPSA) is 12.5 Å². The first-order valence-corrected chi connectivity index (χ1v) is 3.85. The summed E-state index contributed by atoms with van der Waals surface area (Å²) in [5.41, 5.74) is -5.49. The molecular weight excluding hydrogens is 297 g/mol. The summed E-state index contributed by atoms with van der Waals surface area (Å²) in [4.78, 5) is 0. The van der Waals surface area contributed by atoms with Gasteiger partial charge in [-0.25, -0.2) is 0 Å². The molecule has 0 aromatic rings. The zero-order valence-corrected chi connectivity index (χ0v) is 7.64. The lowest BCUT2D eigenvalue weighted by Gasteiger charge is -2.23. The fraction of sp³-hybridized carbons (Fsp3) is 1.00. The number of ether oxygens (including phenoxy) is 1. The smallest absolute Gasteiger partial charge is 0.342 e. The van der Waals surface area contributed by atoms with Gasteiger partial charge in [0.2, 0.25) is 0 Å². The van der Waals surface area contributed by atoms with Crippen molar-refractivity contribution in [1.82, 2.24) is 0 Å². The van der Waals surface area contributed by atoms with Crippen molar-refractivity contribution in [1.29, 1.82) is 0 Å². The average molecular weight is 298 g/mol. The molecule has 1 saturated heterocycles. The molecule has 1 nitrogen and oxygen atoms in total. The lowest BCUT2D eigenvalue weighted by atomic mass is 9.99. The first-order chi connectivity index (χ1) is 7.59. The van der Waals surface area contributed by atoms with Crippen LogP contribution in [0.5, 0.6) is 0 Å². The van der Waals surface area contributed by atoms with Gasteiger partial charge in [0.15, 0.2) is 6.10 Å². The second-order valence-electron chi connectivity index (χ2n) is 3.35. The van der Waals surface area contributed by atoms with Crippen LogP contribution in [0.1, 0.15) is 0 Å². The summed E-state index contributed by atoms with van der Waals surface area (Å²) in [6, 6.07) is 0. The fourth-order valence-corrected chi connectivity index (χ4v) is 1.22. The molecule has 0 amide bonds. The van der Waals surface area contributed by atoms with E-state index in [9.17, 15) is 48.3 Å². The minimum Gasteiger partial charge on any atom is -0.342 e. The minimum absolute atomic E-state index is 2.70. The molecule has 0 spiro atoms. The van der Waals surface area contributed by atoms with E-state index >= 15 is 0 Å². The van der Waals surface area contributed by atoms with E-state index in [0.717, 1.165) is 0 Å². The van der Waals surface area contributed by atoms with Gasteiger partial charge in [0.25, 0.3) is 5.60 Å². The van der Waals surface area contributed by atoms with E-state index in [4.69, 9.17) is 0 Å². The first kappa shape index (κ1) is 15.2. The third kappa shape index (κ3) is 1.80. The Labute approximate surface area is 90.5 Å². The number of hydrogen-bond acceptors (Lipinski definition) is 1. The maximum atomic E-state index is 12.4. The van der Waals surface area contributed by atoms with Crippen LogP contribution in [0.3, 0.4) is 0 Å². The number of alkyl halides is 11. The zero-order valence-electron chi connectivity index (χ0n) is 7.64. The van der Waals surface area contributed by atoms with Crippen molar-refractivity contribution in [2.24, 2.45) is 0 Å². The molecule has 0 aromatic heterocycles. The highest BCUT2D eigenvalue weighted by atomic mass is 19.4. The molecule has 1 heterocycles. The summed E-state index contributed by atoms with van der Waals surface area (Å²) in [5.74, 6) is -6.27. The quantitative estimate of drug-likeness (QED) is 0.533. The second-order valence-corrected chi connectivity index (χ2v) is 3.35. The standard InChI is InChI=1S/C6HF11O/c7-3(8,6(15,16)17)1-2(18-1,4(9,10)11)5(12,13)14/h1H. The summed E-state index contributed by atoms with van der Waals surface area (Å²) in [7, 11) is 0. The molecule has 0 bridgehead atoms. The van der Waals surface area contributed by atoms with Crippen molar-refractivity contribution < 1.29 is 53.0 Å². The Bertz CT molecular complexity index is 319. The summed E-state index contributed by atoms with van der Waals surface area (Å²) >= 11 is 0. The van der Waals surface area contributed by atoms with E-state index in [2.05, 4.69) is 4.74 Å². The number of rotatable bonds is 1. The largest absolute Gasteiger partial charge is 0.456 e. The van der Waals surface area contributed by atoms with Gasteiger partial charge in [0, 0.05) is 0 Å². The molecule has 0 saturated carbocycles. The van der Waals surface area contributed by atoms with Gasteiger partial charge in [-0.1, -0.05) is 0 Å². The van der Waals surface area contributed by atoms with Crippen LogP contribution in [0.15, 0.2) is 0 Å². The van der Waals surface area contributed by atoms with E-state index in [-0.39, 0.29) is 0 Å². The highest BCUT2D eigenvalue weighted by molar-refractivity contribution is 5.19. The molecular formula is C6HF11O. The molecule has 1 aliphatic heterocycles. The Kier molecular flexibility index (Phi) is 2.87. The molecule has 1 aliphatic rings. The van der Waals surface area contributed by atoms with Crippen molar-refractivity contribution in [2.45, 2.75) is 36.2 Å². The molecule has 0 radical (unpaired) electrons. The van der Waals surface area contributed by atoms with Gasteiger partial charge in [0.05, 0.1) is 0 Å². The Morgan fingerprint density at radius 2 is 1.00 bits per heavy atom. The highest BCUT2D eigenvalue weighted by Gasteiger charge is 2.94. The van der Waals surface area contributed by atoms with Gasteiger partial charge >= 0.3 is 24.5 Å². The van der Waals surface area contributed by atoms with Crippen LogP contribution in [0.25, 0.3) is 0 Å². The summed E-state index contributed by atoms with van der Waals surface area (Å²) in [5, 5.41) is 0. The van der Waals surface area contributed by atoms with Crippen LogP contribution < -0.4 is 0 Å². The predicted molar refractivity (Wildman–Crippen MR) is 30.7 cm³/mol. The third-order valence-electron chi connectivity index (χ3n) is 2.17. The SMILES string of the molecule is FC(F)(F)C(F)(F)C1OC1(C(F)(F)F)C(F)(F)F. The van der Waals surface area contributed by atoms with Crippen molar-refractivity contribution in [3.63, 3.8) is 0 Å². The molecule has 18 heavy (non-hydrogen) atoms.